The lowest BCUT2D eigenvalue weighted by Crippen LogP contribution is -2.13. The number of nitrogens with zero attached hydrogens (tertiary/aromatic N) is 1. The minimum absolute atomic E-state index is 0.124. The molecule has 1 aromatic carbocycles. The van der Waals surface area contributed by atoms with Gasteiger partial charge in [-0.1, -0.05) is 19.1 Å². The van der Waals surface area contributed by atoms with Gasteiger partial charge in [0.25, 0.3) is 10.0 Å². The zero-order valence-corrected chi connectivity index (χ0v) is 11.8. The lowest BCUT2D eigenvalue weighted by atomic mass is 10.1. The second-order valence-corrected chi connectivity index (χ2v) is 6.02. The first-order chi connectivity index (χ1) is 9.53. The molecule has 0 saturated carbocycles. The monoisotopic (exact) mass is 292 g/mol. The second kappa shape index (κ2) is 6.02. The molecule has 0 aliphatic carbocycles. The van der Waals surface area contributed by atoms with E-state index in [0.29, 0.717) is 17.7 Å². The van der Waals surface area contributed by atoms with Gasteiger partial charge < -0.3 is 5.11 Å². The molecule has 1 heterocycles. The first-order valence-electron chi connectivity index (χ1n) is 6.24. The summed E-state index contributed by atoms with van der Waals surface area (Å²) in [6, 6.07) is 9.45. The molecule has 1 unspecified atom stereocenters. The van der Waals surface area contributed by atoms with E-state index in [4.69, 9.17) is 0 Å². The Morgan fingerprint density at radius 3 is 2.60 bits per heavy atom. The molecule has 0 bridgehead atoms. The normalized spacial score (nSPS) is 12.9. The molecule has 20 heavy (non-hydrogen) atoms. The van der Waals surface area contributed by atoms with Crippen molar-refractivity contribution >= 4 is 15.7 Å². The van der Waals surface area contributed by atoms with Crippen molar-refractivity contribution in [2.75, 3.05) is 4.72 Å². The van der Waals surface area contributed by atoms with Crippen LogP contribution in [0.15, 0.2) is 53.7 Å². The van der Waals surface area contributed by atoms with Crippen LogP contribution >= 0.6 is 0 Å². The van der Waals surface area contributed by atoms with Gasteiger partial charge >= 0.3 is 0 Å². The summed E-state index contributed by atoms with van der Waals surface area (Å²) in [5, 5.41) is 9.79. The van der Waals surface area contributed by atoms with E-state index in [0.717, 1.165) is 0 Å². The number of hydrogen-bond acceptors (Lipinski definition) is 4. The van der Waals surface area contributed by atoms with E-state index in [1.54, 1.807) is 24.3 Å². The smallest absolute Gasteiger partial charge is 0.261 e. The number of pyridine rings is 1. The molecular formula is C14H16N2O3S. The standard InChI is InChI=1S/C14H16N2O3S/c1-2-14(17)11-4-3-5-13(10-11)20(18,19)16-12-6-8-15-9-7-12/h3-10,14,17H,2H2,1H3,(H,15,16). The molecule has 2 N–H and O–H groups in total. The maximum atomic E-state index is 12.3. The lowest BCUT2D eigenvalue weighted by Gasteiger charge is -2.11. The Bertz CT molecular complexity index is 672. The average molecular weight is 292 g/mol. The Kier molecular flexibility index (Phi) is 4.36. The molecule has 0 aliphatic rings. The number of anilines is 1. The molecule has 2 rings (SSSR count). The van der Waals surface area contributed by atoms with E-state index in [9.17, 15) is 13.5 Å². The molecule has 0 saturated heterocycles. The predicted molar refractivity (Wildman–Crippen MR) is 76.7 cm³/mol. The van der Waals surface area contributed by atoms with Gasteiger partial charge in [-0.25, -0.2) is 8.42 Å². The summed E-state index contributed by atoms with van der Waals surface area (Å²) in [7, 11) is -3.67. The van der Waals surface area contributed by atoms with Crippen LogP contribution in [0.5, 0.6) is 0 Å². The molecule has 0 spiro atoms. The molecule has 0 amide bonds. The maximum Gasteiger partial charge on any atom is 0.261 e. The van der Waals surface area contributed by atoms with Crippen LogP contribution in [0.2, 0.25) is 0 Å². The van der Waals surface area contributed by atoms with Crippen LogP contribution in [0.25, 0.3) is 0 Å². The Morgan fingerprint density at radius 1 is 1.25 bits per heavy atom. The van der Waals surface area contributed by atoms with Crippen LogP contribution in [-0.2, 0) is 10.0 Å². The number of nitrogens with one attached hydrogen (secondary N) is 1. The summed E-state index contributed by atoms with van der Waals surface area (Å²) >= 11 is 0. The fourth-order valence-electron chi connectivity index (χ4n) is 1.76. The number of sulfonamides is 1. The fraction of sp³-hybridized carbons (Fsp3) is 0.214. The quantitative estimate of drug-likeness (QED) is 0.886. The number of aliphatic hydroxyl groups excluding tert-OH is 1. The van der Waals surface area contributed by atoms with Gasteiger partial charge in [0, 0.05) is 12.4 Å². The van der Waals surface area contributed by atoms with Gasteiger partial charge in [-0.3, -0.25) is 9.71 Å². The Labute approximate surface area is 118 Å². The molecule has 106 valence electrons. The molecule has 0 aliphatic heterocycles. The van der Waals surface area contributed by atoms with Gasteiger partial charge in [0.2, 0.25) is 0 Å². The van der Waals surface area contributed by atoms with Gasteiger partial charge in [-0.15, -0.1) is 0 Å². The fourth-order valence-corrected chi connectivity index (χ4v) is 2.87. The Balaban J connectivity index is 2.30. The number of rotatable bonds is 5. The van der Waals surface area contributed by atoms with Crippen LogP contribution in [-0.4, -0.2) is 18.5 Å². The highest BCUT2D eigenvalue weighted by atomic mass is 32.2. The number of hydrogen-bond donors (Lipinski definition) is 2. The largest absolute Gasteiger partial charge is 0.388 e. The lowest BCUT2D eigenvalue weighted by molar-refractivity contribution is 0.173. The topological polar surface area (TPSA) is 79.3 Å². The third-order valence-corrected chi connectivity index (χ3v) is 4.25. The third kappa shape index (κ3) is 3.34. The number of benzene rings is 1. The molecule has 2 aromatic rings. The van der Waals surface area contributed by atoms with Crippen molar-refractivity contribution in [3.8, 4) is 0 Å². The van der Waals surface area contributed by atoms with Crippen molar-refractivity contribution in [3.05, 3.63) is 54.4 Å². The molecular weight excluding hydrogens is 276 g/mol. The molecule has 0 fully saturated rings. The van der Waals surface area contributed by atoms with Crippen molar-refractivity contribution in [2.24, 2.45) is 0 Å². The van der Waals surface area contributed by atoms with Gasteiger partial charge in [0.15, 0.2) is 0 Å². The van der Waals surface area contributed by atoms with Crippen LogP contribution < -0.4 is 4.72 Å². The summed E-state index contributed by atoms with van der Waals surface area (Å²) in [4.78, 5) is 3.95. The van der Waals surface area contributed by atoms with Crippen LogP contribution in [0.1, 0.15) is 25.0 Å². The van der Waals surface area contributed by atoms with Crippen molar-refractivity contribution < 1.29 is 13.5 Å². The molecule has 6 heteroatoms. The van der Waals surface area contributed by atoms with Crippen molar-refractivity contribution in [1.29, 1.82) is 0 Å². The van der Waals surface area contributed by atoms with E-state index in [1.807, 2.05) is 6.92 Å². The van der Waals surface area contributed by atoms with E-state index in [-0.39, 0.29) is 4.90 Å². The van der Waals surface area contributed by atoms with Gasteiger partial charge in [-0.05, 0) is 36.2 Å². The van der Waals surface area contributed by atoms with Crippen LogP contribution in [0.4, 0.5) is 5.69 Å². The van der Waals surface area contributed by atoms with Crippen molar-refractivity contribution in [3.63, 3.8) is 0 Å². The Morgan fingerprint density at radius 2 is 1.95 bits per heavy atom. The Hall–Kier alpha value is -1.92. The summed E-state index contributed by atoms with van der Waals surface area (Å²) in [6.45, 7) is 1.83. The molecule has 1 atom stereocenters. The SMILES string of the molecule is CCC(O)c1cccc(S(=O)(=O)Nc2ccncc2)c1. The zero-order valence-electron chi connectivity index (χ0n) is 11.0. The zero-order chi connectivity index (χ0) is 14.6. The maximum absolute atomic E-state index is 12.3. The van der Waals surface area contributed by atoms with E-state index < -0.39 is 16.1 Å². The number of aliphatic hydroxyl groups is 1. The van der Waals surface area contributed by atoms with E-state index in [2.05, 4.69) is 9.71 Å². The van der Waals surface area contributed by atoms with Crippen LogP contribution in [0.3, 0.4) is 0 Å². The molecule has 5 nitrogen and oxygen atoms in total. The highest BCUT2D eigenvalue weighted by molar-refractivity contribution is 7.92. The average Bonchev–Trinajstić information content (AvgIpc) is 2.47. The first-order valence-corrected chi connectivity index (χ1v) is 7.72. The highest BCUT2D eigenvalue weighted by Crippen LogP contribution is 2.21. The second-order valence-electron chi connectivity index (χ2n) is 4.34. The highest BCUT2D eigenvalue weighted by Gasteiger charge is 2.16. The minimum atomic E-state index is -3.67. The van der Waals surface area contributed by atoms with E-state index >= 15 is 0 Å². The van der Waals surface area contributed by atoms with Gasteiger partial charge in [-0.2, -0.15) is 0 Å². The summed E-state index contributed by atoms with van der Waals surface area (Å²) in [5.41, 5.74) is 1.03. The van der Waals surface area contributed by atoms with Crippen molar-refractivity contribution in [2.45, 2.75) is 24.3 Å². The summed E-state index contributed by atoms with van der Waals surface area (Å²) < 4.78 is 27.0. The minimum Gasteiger partial charge on any atom is -0.388 e. The summed E-state index contributed by atoms with van der Waals surface area (Å²) in [5.74, 6) is 0. The van der Waals surface area contributed by atoms with Gasteiger partial charge in [0.05, 0.1) is 16.7 Å². The molecule has 1 aromatic heterocycles. The van der Waals surface area contributed by atoms with Crippen molar-refractivity contribution in [1.82, 2.24) is 4.98 Å². The van der Waals surface area contributed by atoms with E-state index in [1.165, 1.54) is 24.5 Å². The van der Waals surface area contributed by atoms with Gasteiger partial charge in [0.1, 0.15) is 0 Å². The molecule has 0 radical (unpaired) electrons. The van der Waals surface area contributed by atoms with Crippen LogP contribution in [0, 0.1) is 0 Å². The first kappa shape index (κ1) is 14.5. The summed E-state index contributed by atoms with van der Waals surface area (Å²) in [6.07, 6.45) is 2.89. The number of aromatic nitrogens is 1. The predicted octanol–water partition coefficient (Wildman–Crippen LogP) is 2.33. The third-order valence-electron chi connectivity index (χ3n) is 2.87.